The normalized spacial score (nSPS) is 15.1. The van der Waals surface area contributed by atoms with Crippen LogP contribution in [0.2, 0.25) is 0 Å². The zero-order valence-corrected chi connectivity index (χ0v) is 7.30. The minimum atomic E-state index is 0.608. The fraction of sp³-hybridized carbons (Fsp3) is 0.600. The highest BCUT2D eigenvalue weighted by Crippen LogP contribution is 2.00. The Morgan fingerprint density at radius 1 is 1.30 bits per heavy atom. The minimum absolute atomic E-state index is 0.608. The van der Waals surface area contributed by atoms with Crippen molar-refractivity contribution in [2.24, 2.45) is 5.92 Å². The maximum atomic E-state index is 2.25. The molecule has 0 nitrogen and oxygen atoms in total. The Labute approximate surface area is 64.6 Å². The molecule has 1 unspecified atom stereocenters. The van der Waals surface area contributed by atoms with Crippen molar-refractivity contribution in [1.82, 2.24) is 0 Å². The smallest absolute Gasteiger partial charge is 0.00820 e. The SMILES string of the molecule is CC=CC(C)/C=C\CCC. The first-order valence-corrected chi connectivity index (χ1v) is 4.10. The van der Waals surface area contributed by atoms with Gasteiger partial charge in [0.1, 0.15) is 0 Å². The summed E-state index contributed by atoms with van der Waals surface area (Å²) in [7, 11) is 0. The van der Waals surface area contributed by atoms with Gasteiger partial charge in [-0.1, -0.05) is 44.6 Å². The Bertz CT molecular complexity index is 109. The van der Waals surface area contributed by atoms with Gasteiger partial charge in [0, 0.05) is 0 Å². The van der Waals surface area contributed by atoms with E-state index in [1.807, 2.05) is 0 Å². The van der Waals surface area contributed by atoms with Crippen LogP contribution in [-0.4, -0.2) is 0 Å². The molecule has 0 saturated carbocycles. The number of allylic oxidation sites excluding steroid dienone is 4. The first-order valence-electron chi connectivity index (χ1n) is 4.10. The van der Waals surface area contributed by atoms with E-state index in [4.69, 9.17) is 0 Å². The lowest BCUT2D eigenvalue weighted by molar-refractivity contribution is 0.901. The lowest BCUT2D eigenvalue weighted by atomic mass is 10.1. The van der Waals surface area contributed by atoms with Gasteiger partial charge in [0.05, 0.1) is 0 Å². The van der Waals surface area contributed by atoms with Gasteiger partial charge < -0.3 is 0 Å². The third-order valence-corrected chi connectivity index (χ3v) is 1.39. The molecule has 0 aromatic carbocycles. The van der Waals surface area contributed by atoms with Crippen LogP contribution in [-0.2, 0) is 0 Å². The van der Waals surface area contributed by atoms with Gasteiger partial charge in [-0.2, -0.15) is 0 Å². The van der Waals surface area contributed by atoms with E-state index in [-0.39, 0.29) is 0 Å². The van der Waals surface area contributed by atoms with Crippen LogP contribution in [0.4, 0.5) is 0 Å². The van der Waals surface area contributed by atoms with Gasteiger partial charge in [0.2, 0.25) is 0 Å². The fourth-order valence-corrected chi connectivity index (χ4v) is 0.845. The summed E-state index contributed by atoms with van der Waals surface area (Å²) < 4.78 is 0. The molecule has 0 aliphatic heterocycles. The van der Waals surface area contributed by atoms with Crippen molar-refractivity contribution in [2.75, 3.05) is 0 Å². The van der Waals surface area contributed by atoms with Crippen LogP contribution in [0.3, 0.4) is 0 Å². The van der Waals surface area contributed by atoms with E-state index in [0.29, 0.717) is 5.92 Å². The Balaban J connectivity index is 3.45. The van der Waals surface area contributed by atoms with E-state index in [1.165, 1.54) is 12.8 Å². The van der Waals surface area contributed by atoms with E-state index in [0.717, 1.165) is 0 Å². The summed E-state index contributed by atoms with van der Waals surface area (Å²) in [5.74, 6) is 0.608. The standard InChI is InChI=1S/C10H18/c1-4-6-7-9-10(3)8-5-2/h5,7-10H,4,6H2,1-3H3/b8-5?,9-7-. The summed E-state index contributed by atoms with van der Waals surface area (Å²) in [5.41, 5.74) is 0. The third-order valence-electron chi connectivity index (χ3n) is 1.39. The molecule has 1 atom stereocenters. The molecule has 0 heterocycles. The van der Waals surface area contributed by atoms with Crippen molar-refractivity contribution in [3.63, 3.8) is 0 Å². The van der Waals surface area contributed by atoms with Gasteiger partial charge in [-0.05, 0) is 19.3 Å². The van der Waals surface area contributed by atoms with Crippen molar-refractivity contribution in [3.05, 3.63) is 24.3 Å². The van der Waals surface area contributed by atoms with Crippen LogP contribution in [0.1, 0.15) is 33.6 Å². The predicted octanol–water partition coefficient (Wildman–Crippen LogP) is 3.55. The lowest BCUT2D eigenvalue weighted by Crippen LogP contribution is -1.80. The average molecular weight is 138 g/mol. The molecule has 0 spiro atoms. The molecule has 0 radical (unpaired) electrons. The number of hydrogen-bond acceptors (Lipinski definition) is 0. The van der Waals surface area contributed by atoms with Crippen molar-refractivity contribution >= 4 is 0 Å². The highest BCUT2D eigenvalue weighted by Gasteiger charge is 1.85. The Morgan fingerprint density at radius 2 is 2.00 bits per heavy atom. The minimum Gasteiger partial charge on any atom is -0.0911 e. The molecule has 0 aromatic rings. The summed E-state index contributed by atoms with van der Waals surface area (Å²) in [6.07, 6.45) is 11.3. The number of unbranched alkanes of at least 4 members (excludes halogenated alkanes) is 1. The van der Waals surface area contributed by atoms with Gasteiger partial charge in [-0.25, -0.2) is 0 Å². The maximum absolute atomic E-state index is 2.25. The van der Waals surface area contributed by atoms with Crippen molar-refractivity contribution < 1.29 is 0 Å². The van der Waals surface area contributed by atoms with Gasteiger partial charge in [0.25, 0.3) is 0 Å². The molecule has 0 amide bonds. The number of rotatable bonds is 4. The molecule has 0 heteroatoms. The molecular weight excluding hydrogens is 120 g/mol. The number of hydrogen-bond donors (Lipinski definition) is 0. The second-order valence-electron chi connectivity index (χ2n) is 2.60. The first-order chi connectivity index (χ1) is 4.81. The monoisotopic (exact) mass is 138 g/mol. The highest BCUT2D eigenvalue weighted by molar-refractivity contribution is 4.97. The van der Waals surface area contributed by atoms with Gasteiger partial charge in [-0.3, -0.25) is 0 Å². The Morgan fingerprint density at radius 3 is 2.50 bits per heavy atom. The largest absolute Gasteiger partial charge is 0.0911 e. The van der Waals surface area contributed by atoms with Crippen molar-refractivity contribution in [1.29, 1.82) is 0 Å². The van der Waals surface area contributed by atoms with E-state index in [1.54, 1.807) is 0 Å². The zero-order valence-electron chi connectivity index (χ0n) is 7.30. The molecule has 10 heavy (non-hydrogen) atoms. The fourth-order valence-electron chi connectivity index (χ4n) is 0.845. The first kappa shape index (κ1) is 9.48. The average Bonchev–Trinajstić information content (AvgIpc) is 1.89. The molecule has 0 aromatic heterocycles. The second kappa shape index (κ2) is 6.60. The predicted molar refractivity (Wildman–Crippen MR) is 48.0 cm³/mol. The molecule has 0 N–H and O–H groups in total. The van der Waals surface area contributed by atoms with E-state index < -0.39 is 0 Å². The Kier molecular flexibility index (Phi) is 6.25. The van der Waals surface area contributed by atoms with Crippen LogP contribution >= 0.6 is 0 Å². The van der Waals surface area contributed by atoms with Gasteiger partial charge in [-0.15, -0.1) is 0 Å². The maximum Gasteiger partial charge on any atom is -0.00820 e. The molecule has 0 bridgehead atoms. The third kappa shape index (κ3) is 5.61. The van der Waals surface area contributed by atoms with Crippen LogP contribution < -0.4 is 0 Å². The van der Waals surface area contributed by atoms with E-state index >= 15 is 0 Å². The summed E-state index contributed by atoms with van der Waals surface area (Å²) in [4.78, 5) is 0. The molecule has 0 aliphatic carbocycles. The summed E-state index contributed by atoms with van der Waals surface area (Å²) in [6, 6.07) is 0. The van der Waals surface area contributed by atoms with E-state index in [9.17, 15) is 0 Å². The van der Waals surface area contributed by atoms with Crippen LogP contribution in [0.5, 0.6) is 0 Å². The molecule has 0 aliphatic rings. The zero-order chi connectivity index (χ0) is 7.82. The lowest BCUT2D eigenvalue weighted by Gasteiger charge is -1.94. The van der Waals surface area contributed by atoms with E-state index in [2.05, 4.69) is 45.1 Å². The van der Waals surface area contributed by atoms with Crippen LogP contribution in [0.25, 0.3) is 0 Å². The van der Waals surface area contributed by atoms with Gasteiger partial charge >= 0.3 is 0 Å². The molecule has 0 rings (SSSR count). The molecule has 0 fully saturated rings. The van der Waals surface area contributed by atoms with Crippen LogP contribution in [0.15, 0.2) is 24.3 Å². The molecule has 0 saturated heterocycles. The molecular formula is C10H18. The second-order valence-corrected chi connectivity index (χ2v) is 2.60. The summed E-state index contributed by atoms with van der Waals surface area (Å²) in [6.45, 7) is 6.46. The quantitative estimate of drug-likeness (QED) is 0.521. The van der Waals surface area contributed by atoms with Gasteiger partial charge in [0.15, 0.2) is 0 Å². The van der Waals surface area contributed by atoms with Crippen LogP contribution in [0, 0.1) is 5.92 Å². The Hall–Kier alpha value is -0.520. The topological polar surface area (TPSA) is 0 Å². The van der Waals surface area contributed by atoms with Crippen molar-refractivity contribution in [3.8, 4) is 0 Å². The highest BCUT2D eigenvalue weighted by atomic mass is 13.9. The molecule has 58 valence electrons. The summed E-state index contributed by atoms with van der Waals surface area (Å²) in [5, 5.41) is 0. The van der Waals surface area contributed by atoms with Crippen molar-refractivity contribution in [2.45, 2.75) is 33.6 Å². The summed E-state index contributed by atoms with van der Waals surface area (Å²) >= 11 is 0.